The van der Waals surface area contributed by atoms with E-state index in [4.69, 9.17) is 7.11 Å². The molecule has 0 aromatic heterocycles. The predicted octanol–water partition coefficient (Wildman–Crippen LogP) is 3.34. The molecule has 0 N–H and O–H groups in total. The third-order valence-electron chi connectivity index (χ3n) is 2.12. The highest BCUT2D eigenvalue weighted by Gasteiger charge is 1.98. The van der Waals surface area contributed by atoms with E-state index in [2.05, 4.69) is 11.7 Å². The molecule has 0 unspecified atom stereocenters. The molecule has 0 aliphatic heterocycles. The molecule has 13 heavy (non-hydrogen) atoms. The average molecular weight is 184 g/mol. The van der Waals surface area contributed by atoms with Crippen molar-refractivity contribution in [2.75, 3.05) is 0 Å². The van der Waals surface area contributed by atoms with E-state index in [1.165, 1.54) is 32.1 Å². The molecule has 76 valence electrons. The molecule has 0 aliphatic rings. The second-order valence-corrected chi connectivity index (χ2v) is 3.36. The number of carbonyl (C=O) groups excluding carboxylic acids is 1. The van der Waals surface area contributed by atoms with Gasteiger partial charge in [0.15, 0.2) is 7.11 Å². The zero-order valence-electron chi connectivity index (χ0n) is 8.55. The van der Waals surface area contributed by atoms with Crippen LogP contribution in [0.1, 0.15) is 58.3 Å². The summed E-state index contributed by atoms with van der Waals surface area (Å²) < 4.78 is 4.06. The van der Waals surface area contributed by atoms with Crippen molar-refractivity contribution < 1.29 is 9.53 Å². The highest BCUT2D eigenvalue weighted by molar-refractivity contribution is 5.69. The monoisotopic (exact) mass is 184 g/mol. The van der Waals surface area contributed by atoms with E-state index in [0.717, 1.165) is 12.8 Å². The van der Waals surface area contributed by atoms with Crippen molar-refractivity contribution in [2.45, 2.75) is 58.3 Å². The van der Waals surface area contributed by atoms with Gasteiger partial charge < -0.3 is 4.74 Å². The standard InChI is InChI=1S/C11H20O2/c1-3-4-5-6-7-8-9-10-11(12)13-2/h2H,3-10H2,1H3. The van der Waals surface area contributed by atoms with Crippen LogP contribution in [-0.2, 0) is 9.53 Å². The SMILES string of the molecule is [CH]OC(=O)CCCCCCCCC. The fraction of sp³-hybridized carbons (Fsp3) is 0.818. The third-order valence-corrected chi connectivity index (χ3v) is 2.12. The van der Waals surface area contributed by atoms with E-state index in [0.29, 0.717) is 6.42 Å². The Hall–Kier alpha value is -0.530. The topological polar surface area (TPSA) is 26.3 Å². The van der Waals surface area contributed by atoms with Gasteiger partial charge >= 0.3 is 5.97 Å². The van der Waals surface area contributed by atoms with Crippen molar-refractivity contribution in [1.29, 1.82) is 0 Å². The smallest absolute Gasteiger partial charge is 0.306 e. The van der Waals surface area contributed by atoms with E-state index in [1.54, 1.807) is 0 Å². The van der Waals surface area contributed by atoms with E-state index >= 15 is 0 Å². The molecule has 0 aliphatic carbocycles. The molecule has 0 aromatic rings. The quantitative estimate of drug-likeness (QED) is 0.427. The molecule has 0 atom stereocenters. The van der Waals surface area contributed by atoms with Crippen LogP contribution < -0.4 is 0 Å². The molecule has 0 spiro atoms. The zero-order chi connectivity index (χ0) is 9.94. The normalized spacial score (nSPS) is 10.0. The Morgan fingerprint density at radius 3 is 2.15 bits per heavy atom. The molecule has 0 saturated carbocycles. The number of esters is 1. The summed E-state index contributed by atoms with van der Waals surface area (Å²) in [7, 11) is 4.70. The lowest BCUT2D eigenvalue weighted by atomic mass is 10.1. The molecular weight excluding hydrogens is 164 g/mol. The lowest BCUT2D eigenvalue weighted by molar-refractivity contribution is -0.138. The summed E-state index contributed by atoms with van der Waals surface area (Å²) in [6.07, 6.45) is 8.90. The Morgan fingerprint density at radius 2 is 1.62 bits per heavy atom. The van der Waals surface area contributed by atoms with Crippen molar-refractivity contribution in [1.82, 2.24) is 0 Å². The second kappa shape index (κ2) is 9.56. The van der Waals surface area contributed by atoms with Gasteiger partial charge in [-0.05, 0) is 6.42 Å². The number of ether oxygens (including phenoxy) is 1. The first-order valence-corrected chi connectivity index (χ1v) is 5.20. The summed E-state index contributed by atoms with van der Waals surface area (Å²) >= 11 is 0. The van der Waals surface area contributed by atoms with Crippen LogP contribution >= 0.6 is 0 Å². The van der Waals surface area contributed by atoms with Crippen LogP contribution in [0.25, 0.3) is 0 Å². The lowest BCUT2D eigenvalue weighted by Gasteiger charge is -1.99. The molecule has 0 heterocycles. The fourth-order valence-electron chi connectivity index (χ4n) is 1.29. The molecule has 0 amide bonds. The zero-order valence-corrected chi connectivity index (χ0v) is 8.55. The molecule has 0 aromatic carbocycles. The summed E-state index contributed by atoms with van der Waals surface area (Å²) in [6, 6.07) is 0. The summed E-state index contributed by atoms with van der Waals surface area (Å²) in [5.41, 5.74) is 0. The molecule has 2 radical (unpaired) electrons. The van der Waals surface area contributed by atoms with Gasteiger partial charge in [0, 0.05) is 6.42 Å². The average Bonchev–Trinajstić information content (AvgIpc) is 2.16. The minimum Gasteiger partial charge on any atom is -0.454 e. The van der Waals surface area contributed by atoms with Crippen molar-refractivity contribution >= 4 is 5.97 Å². The van der Waals surface area contributed by atoms with Gasteiger partial charge in [0.05, 0.1) is 0 Å². The van der Waals surface area contributed by atoms with Crippen LogP contribution in [0.5, 0.6) is 0 Å². The third kappa shape index (κ3) is 9.38. The lowest BCUT2D eigenvalue weighted by Crippen LogP contribution is -1.97. The maximum Gasteiger partial charge on any atom is 0.306 e. The summed E-state index contributed by atoms with van der Waals surface area (Å²) in [5, 5.41) is 0. The molecule has 2 nitrogen and oxygen atoms in total. The van der Waals surface area contributed by atoms with Gasteiger partial charge in [-0.3, -0.25) is 4.79 Å². The van der Waals surface area contributed by atoms with Gasteiger partial charge in [-0.2, -0.15) is 0 Å². The number of carbonyl (C=O) groups is 1. The summed E-state index contributed by atoms with van der Waals surface area (Å²) in [4.78, 5) is 10.6. The Balaban J connectivity index is 2.95. The van der Waals surface area contributed by atoms with E-state index < -0.39 is 0 Å². The van der Waals surface area contributed by atoms with Crippen LogP contribution in [0.15, 0.2) is 0 Å². The van der Waals surface area contributed by atoms with Crippen LogP contribution in [0.3, 0.4) is 0 Å². The number of unbranched alkanes of at least 4 members (excludes halogenated alkanes) is 6. The van der Waals surface area contributed by atoms with Gasteiger partial charge in [0.2, 0.25) is 0 Å². The van der Waals surface area contributed by atoms with Crippen LogP contribution in [0, 0.1) is 7.11 Å². The number of rotatable bonds is 8. The number of hydrogen-bond acceptors (Lipinski definition) is 2. The Morgan fingerprint density at radius 1 is 1.08 bits per heavy atom. The number of hydrogen-bond donors (Lipinski definition) is 0. The molecule has 0 rings (SSSR count). The largest absolute Gasteiger partial charge is 0.454 e. The van der Waals surface area contributed by atoms with Crippen molar-refractivity contribution in [3.8, 4) is 0 Å². The van der Waals surface area contributed by atoms with Gasteiger partial charge in [-0.15, -0.1) is 0 Å². The summed E-state index contributed by atoms with van der Waals surface area (Å²) in [5.74, 6) is -0.298. The highest BCUT2D eigenvalue weighted by atomic mass is 16.5. The molecule has 0 bridgehead atoms. The van der Waals surface area contributed by atoms with E-state index in [9.17, 15) is 4.79 Å². The van der Waals surface area contributed by atoms with Gasteiger partial charge in [0.25, 0.3) is 0 Å². The summed E-state index contributed by atoms with van der Waals surface area (Å²) in [6.45, 7) is 2.21. The van der Waals surface area contributed by atoms with Crippen molar-refractivity contribution in [2.24, 2.45) is 0 Å². The Bertz CT molecular complexity index is 121. The van der Waals surface area contributed by atoms with E-state index in [-0.39, 0.29) is 5.97 Å². The van der Waals surface area contributed by atoms with Crippen molar-refractivity contribution in [3.05, 3.63) is 7.11 Å². The first-order valence-electron chi connectivity index (χ1n) is 5.20. The van der Waals surface area contributed by atoms with E-state index in [1.807, 2.05) is 0 Å². The first kappa shape index (κ1) is 12.5. The minimum atomic E-state index is -0.298. The van der Waals surface area contributed by atoms with Gasteiger partial charge in [0.1, 0.15) is 0 Å². The van der Waals surface area contributed by atoms with Gasteiger partial charge in [-0.1, -0.05) is 45.4 Å². The molecular formula is C11H20O2. The maximum atomic E-state index is 10.6. The fourth-order valence-corrected chi connectivity index (χ4v) is 1.29. The molecule has 0 saturated heterocycles. The van der Waals surface area contributed by atoms with Crippen LogP contribution in [0.4, 0.5) is 0 Å². The van der Waals surface area contributed by atoms with Gasteiger partial charge in [-0.25, -0.2) is 0 Å². The molecule has 0 fully saturated rings. The predicted molar refractivity (Wildman–Crippen MR) is 53.0 cm³/mol. The Labute approximate surface area is 81.7 Å². The highest BCUT2D eigenvalue weighted by Crippen LogP contribution is 2.08. The Kier molecular flexibility index (Phi) is 9.17. The van der Waals surface area contributed by atoms with Crippen LogP contribution in [0.2, 0.25) is 0 Å². The minimum absolute atomic E-state index is 0.298. The maximum absolute atomic E-state index is 10.6. The van der Waals surface area contributed by atoms with Crippen LogP contribution in [-0.4, -0.2) is 5.97 Å². The molecule has 2 heteroatoms. The second-order valence-electron chi connectivity index (χ2n) is 3.36. The first-order chi connectivity index (χ1) is 6.31. The van der Waals surface area contributed by atoms with Crippen molar-refractivity contribution in [3.63, 3.8) is 0 Å².